The van der Waals surface area contributed by atoms with Gasteiger partial charge in [-0.15, -0.1) is 24.0 Å². The van der Waals surface area contributed by atoms with E-state index in [1.165, 1.54) is 5.56 Å². The number of nitrogens with one attached hydrogen (secondary N) is 2. The van der Waals surface area contributed by atoms with Crippen molar-refractivity contribution in [1.82, 2.24) is 25.4 Å². The molecule has 2 unspecified atom stereocenters. The van der Waals surface area contributed by atoms with Crippen LogP contribution in [0.4, 0.5) is 0 Å². The number of aryl methyl sites for hydroxylation is 1. The van der Waals surface area contributed by atoms with Crippen molar-refractivity contribution in [2.45, 2.75) is 51.8 Å². The molecule has 0 saturated carbocycles. The summed E-state index contributed by atoms with van der Waals surface area (Å²) in [7, 11) is 1.67. The molecule has 1 aliphatic heterocycles. The van der Waals surface area contributed by atoms with Crippen molar-refractivity contribution in [3.8, 4) is 0 Å². The first kappa shape index (κ1) is 22.1. The maximum Gasteiger partial charge on any atom is 0.191 e. The number of thiophene rings is 1. The van der Waals surface area contributed by atoms with Gasteiger partial charge in [0.15, 0.2) is 11.8 Å². The van der Waals surface area contributed by atoms with Crippen LogP contribution in [0.15, 0.2) is 21.8 Å². The summed E-state index contributed by atoms with van der Waals surface area (Å²) >= 11 is 1.74. The molecule has 2 aromatic rings. The van der Waals surface area contributed by atoms with Crippen molar-refractivity contribution >= 4 is 41.3 Å². The Labute approximate surface area is 182 Å². The van der Waals surface area contributed by atoms with Gasteiger partial charge in [-0.1, -0.05) is 6.92 Å². The lowest BCUT2D eigenvalue weighted by Gasteiger charge is -2.25. The summed E-state index contributed by atoms with van der Waals surface area (Å²) in [6, 6.07) is 2.48. The van der Waals surface area contributed by atoms with Crippen LogP contribution in [-0.4, -0.2) is 47.0 Å². The van der Waals surface area contributed by atoms with Gasteiger partial charge in [-0.25, -0.2) is 9.67 Å². The fraction of sp³-hybridized carbons (Fsp3) is 0.611. The minimum absolute atomic E-state index is 0. The van der Waals surface area contributed by atoms with Crippen LogP contribution < -0.4 is 10.6 Å². The summed E-state index contributed by atoms with van der Waals surface area (Å²) in [6.07, 6.45) is 1.94. The summed E-state index contributed by atoms with van der Waals surface area (Å²) in [4.78, 5) is 9.32. The van der Waals surface area contributed by atoms with Crippen LogP contribution in [0.3, 0.4) is 0 Å². The number of hydrogen-bond donors (Lipinski definition) is 2. The molecule has 7 nitrogen and oxygen atoms in total. The first-order valence-corrected chi connectivity index (χ1v) is 10.1. The summed E-state index contributed by atoms with van der Waals surface area (Å²) in [5.74, 6) is 3.10. The monoisotopic (exact) mass is 504 g/mol. The maximum atomic E-state index is 5.13. The van der Waals surface area contributed by atoms with Crippen molar-refractivity contribution in [3.05, 3.63) is 34.0 Å². The van der Waals surface area contributed by atoms with Gasteiger partial charge in [0.25, 0.3) is 0 Å². The zero-order chi connectivity index (χ0) is 18.4. The molecule has 0 spiro atoms. The maximum absolute atomic E-state index is 5.13. The molecule has 2 aromatic heterocycles. The first-order valence-electron chi connectivity index (χ1n) is 9.18. The zero-order valence-corrected chi connectivity index (χ0v) is 19.3. The molecule has 0 radical (unpaired) electrons. The van der Waals surface area contributed by atoms with Gasteiger partial charge in [0.2, 0.25) is 0 Å². The van der Waals surface area contributed by atoms with Crippen LogP contribution in [0.25, 0.3) is 0 Å². The smallest absolute Gasteiger partial charge is 0.191 e. The fourth-order valence-corrected chi connectivity index (χ4v) is 3.85. The largest absolute Gasteiger partial charge is 0.377 e. The van der Waals surface area contributed by atoms with E-state index in [1.807, 2.05) is 4.68 Å². The first-order chi connectivity index (χ1) is 12.7. The number of methoxy groups -OCH3 is 1. The SMILES string of the molecule is CCNC(=NCC(C)c1ccsc1)NC1CCc2nc(COC)nn2C1.I. The minimum Gasteiger partial charge on any atom is -0.377 e. The summed E-state index contributed by atoms with van der Waals surface area (Å²) < 4.78 is 7.12. The third kappa shape index (κ3) is 6.15. The molecule has 2 N–H and O–H groups in total. The average Bonchev–Trinajstić information content (AvgIpc) is 3.29. The Morgan fingerprint density at radius 3 is 3.07 bits per heavy atom. The predicted molar refractivity (Wildman–Crippen MR) is 120 cm³/mol. The van der Waals surface area contributed by atoms with Crippen LogP contribution in [0, 0.1) is 0 Å². The summed E-state index contributed by atoms with van der Waals surface area (Å²) in [5, 5.41) is 15.8. The molecule has 3 rings (SSSR count). The Kier molecular flexibility index (Phi) is 8.97. The molecule has 3 heterocycles. The van der Waals surface area contributed by atoms with Gasteiger partial charge in [0.05, 0.1) is 6.54 Å². The molecule has 0 saturated heterocycles. The zero-order valence-electron chi connectivity index (χ0n) is 16.1. The average molecular weight is 504 g/mol. The van der Waals surface area contributed by atoms with E-state index < -0.39 is 0 Å². The highest BCUT2D eigenvalue weighted by atomic mass is 127. The van der Waals surface area contributed by atoms with Crippen LogP contribution in [0.1, 0.15) is 43.4 Å². The van der Waals surface area contributed by atoms with E-state index in [0.717, 1.165) is 50.1 Å². The Balaban J connectivity index is 0.00000261. The number of halogens is 1. The van der Waals surface area contributed by atoms with Gasteiger partial charge in [-0.2, -0.15) is 16.4 Å². The number of hydrogen-bond acceptors (Lipinski definition) is 5. The number of rotatable bonds is 7. The molecule has 0 fully saturated rings. The van der Waals surface area contributed by atoms with Gasteiger partial charge in [0.1, 0.15) is 12.4 Å². The molecule has 27 heavy (non-hydrogen) atoms. The Morgan fingerprint density at radius 2 is 2.37 bits per heavy atom. The molecule has 0 amide bonds. The molecule has 2 atom stereocenters. The number of ether oxygens (including phenoxy) is 1. The van der Waals surface area contributed by atoms with Crippen molar-refractivity contribution < 1.29 is 4.74 Å². The highest BCUT2D eigenvalue weighted by Crippen LogP contribution is 2.18. The van der Waals surface area contributed by atoms with E-state index in [-0.39, 0.29) is 24.0 Å². The Bertz CT molecular complexity index is 718. The van der Waals surface area contributed by atoms with Gasteiger partial charge in [-0.05, 0) is 35.7 Å². The fourth-order valence-electron chi connectivity index (χ4n) is 3.07. The molecule has 0 aromatic carbocycles. The second-order valence-electron chi connectivity index (χ2n) is 6.62. The number of nitrogens with zero attached hydrogens (tertiary/aromatic N) is 4. The minimum atomic E-state index is 0. The number of aromatic nitrogens is 3. The lowest BCUT2D eigenvalue weighted by molar-refractivity contribution is 0.177. The van der Waals surface area contributed by atoms with Crippen molar-refractivity contribution in [3.63, 3.8) is 0 Å². The molecule has 0 bridgehead atoms. The van der Waals surface area contributed by atoms with Crippen molar-refractivity contribution in [2.24, 2.45) is 4.99 Å². The predicted octanol–water partition coefficient (Wildman–Crippen LogP) is 2.78. The third-order valence-corrected chi connectivity index (χ3v) is 5.20. The van der Waals surface area contributed by atoms with Crippen LogP contribution in [0.2, 0.25) is 0 Å². The Morgan fingerprint density at radius 1 is 1.52 bits per heavy atom. The quantitative estimate of drug-likeness (QED) is 0.345. The molecule has 9 heteroatoms. The second kappa shape index (κ2) is 11.0. The Hall–Kier alpha value is -1.20. The van der Waals surface area contributed by atoms with Crippen LogP contribution in [-0.2, 0) is 24.3 Å². The van der Waals surface area contributed by atoms with E-state index in [0.29, 0.717) is 18.6 Å². The number of fused-ring (bicyclic) bond motifs is 1. The van der Waals surface area contributed by atoms with Gasteiger partial charge in [0, 0.05) is 38.6 Å². The molecule has 1 aliphatic rings. The van der Waals surface area contributed by atoms with Crippen LogP contribution >= 0.6 is 35.3 Å². The molecular weight excluding hydrogens is 475 g/mol. The highest BCUT2D eigenvalue weighted by molar-refractivity contribution is 14.0. The second-order valence-corrected chi connectivity index (χ2v) is 7.40. The topological polar surface area (TPSA) is 76.4 Å². The van der Waals surface area contributed by atoms with Crippen molar-refractivity contribution in [2.75, 3.05) is 20.2 Å². The number of aliphatic imine (C=N–C) groups is 1. The van der Waals surface area contributed by atoms with E-state index >= 15 is 0 Å². The third-order valence-electron chi connectivity index (χ3n) is 4.50. The van der Waals surface area contributed by atoms with E-state index in [4.69, 9.17) is 9.73 Å². The lowest BCUT2D eigenvalue weighted by atomic mass is 10.1. The molecule has 150 valence electrons. The standard InChI is InChI=1S/C18H28N6OS.HI/c1-4-19-18(20-9-13(2)14-7-8-26-12-14)21-15-5-6-17-22-16(11-25-3)23-24(17)10-15;/h7-8,12-13,15H,4-6,9-11H2,1-3H3,(H2,19,20,21);1H. The number of guanidine groups is 1. The van der Waals surface area contributed by atoms with Gasteiger partial charge >= 0.3 is 0 Å². The molecule has 0 aliphatic carbocycles. The normalized spacial score (nSPS) is 17.7. The van der Waals surface area contributed by atoms with E-state index in [9.17, 15) is 0 Å². The lowest BCUT2D eigenvalue weighted by Crippen LogP contribution is -2.47. The summed E-state index contributed by atoms with van der Waals surface area (Å²) in [6.45, 7) is 7.18. The van der Waals surface area contributed by atoms with Gasteiger partial charge < -0.3 is 15.4 Å². The van der Waals surface area contributed by atoms with E-state index in [1.54, 1.807) is 18.4 Å². The van der Waals surface area contributed by atoms with E-state index in [2.05, 4.69) is 51.4 Å². The van der Waals surface area contributed by atoms with Gasteiger partial charge in [-0.3, -0.25) is 4.99 Å². The summed E-state index contributed by atoms with van der Waals surface area (Å²) in [5.41, 5.74) is 1.35. The van der Waals surface area contributed by atoms with Crippen molar-refractivity contribution in [1.29, 1.82) is 0 Å². The van der Waals surface area contributed by atoms with Crippen LogP contribution in [0.5, 0.6) is 0 Å². The highest BCUT2D eigenvalue weighted by Gasteiger charge is 2.22. The molecular formula is C18H29IN6OS.